The lowest BCUT2D eigenvalue weighted by atomic mass is 9.94. The van der Waals surface area contributed by atoms with Gasteiger partial charge in [-0.1, -0.05) is 40.5 Å². The van der Waals surface area contributed by atoms with E-state index in [-0.39, 0.29) is 0 Å². The molecule has 0 radical (unpaired) electrons. The smallest absolute Gasteiger partial charge is 0.110 e. The first-order chi connectivity index (χ1) is 8.17. The van der Waals surface area contributed by atoms with Crippen LogP contribution in [0.5, 0.6) is 0 Å². The van der Waals surface area contributed by atoms with E-state index < -0.39 is 0 Å². The van der Waals surface area contributed by atoms with Crippen molar-refractivity contribution in [2.75, 3.05) is 6.54 Å². The molecule has 3 heteroatoms. The van der Waals surface area contributed by atoms with Crippen molar-refractivity contribution in [3.8, 4) is 0 Å². The van der Waals surface area contributed by atoms with Gasteiger partial charge in [0.15, 0.2) is 0 Å². The lowest BCUT2D eigenvalue weighted by Crippen LogP contribution is -2.27. The zero-order valence-electron chi connectivity index (χ0n) is 11.8. The van der Waals surface area contributed by atoms with Crippen molar-refractivity contribution in [3.63, 3.8) is 0 Å². The molecule has 1 aromatic rings. The van der Waals surface area contributed by atoms with E-state index in [4.69, 9.17) is 4.98 Å². The molecular weight excluding hydrogens is 228 g/mol. The molecule has 17 heavy (non-hydrogen) atoms. The van der Waals surface area contributed by atoms with Gasteiger partial charge in [0, 0.05) is 4.88 Å². The fourth-order valence-electron chi connectivity index (χ4n) is 2.35. The molecule has 0 saturated heterocycles. The summed E-state index contributed by atoms with van der Waals surface area (Å²) in [4.78, 5) is 6.21. The summed E-state index contributed by atoms with van der Waals surface area (Å²) < 4.78 is 0. The second-order valence-electron chi connectivity index (χ2n) is 4.52. The monoisotopic (exact) mass is 254 g/mol. The Labute approximate surface area is 110 Å². The summed E-state index contributed by atoms with van der Waals surface area (Å²) in [5, 5.41) is 4.90. The van der Waals surface area contributed by atoms with Crippen LogP contribution in [0.3, 0.4) is 0 Å². The quantitative estimate of drug-likeness (QED) is 0.792. The molecule has 0 amide bonds. The molecule has 2 nitrogen and oxygen atoms in total. The molecule has 0 bridgehead atoms. The second-order valence-corrected chi connectivity index (χ2v) is 5.76. The Kier molecular flexibility index (Phi) is 6.14. The molecule has 0 saturated carbocycles. The molecule has 0 aliphatic heterocycles. The van der Waals surface area contributed by atoms with Crippen molar-refractivity contribution in [3.05, 3.63) is 15.6 Å². The van der Waals surface area contributed by atoms with E-state index in [1.807, 2.05) is 11.3 Å². The van der Waals surface area contributed by atoms with Gasteiger partial charge in [0.1, 0.15) is 5.01 Å². The maximum atomic E-state index is 4.82. The normalized spacial score (nSPS) is 13.3. The minimum absolute atomic E-state index is 0.444. The van der Waals surface area contributed by atoms with Gasteiger partial charge in [0.05, 0.1) is 11.7 Å². The van der Waals surface area contributed by atoms with Crippen molar-refractivity contribution in [2.45, 2.75) is 59.9 Å². The van der Waals surface area contributed by atoms with Gasteiger partial charge in [-0.3, -0.25) is 0 Å². The summed E-state index contributed by atoms with van der Waals surface area (Å²) in [6, 6.07) is 0.444. The Balaban J connectivity index is 2.95. The summed E-state index contributed by atoms with van der Waals surface area (Å²) >= 11 is 1.87. The molecule has 1 rings (SSSR count). The van der Waals surface area contributed by atoms with Crippen LogP contribution < -0.4 is 5.32 Å². The van der Waals surface area contributed by atoms with E-state index >= 15 is 0 Å². The van der Waals surface area contributed by atoms with Crippen LogP contribution in [0.1, 0.15) is 62.2 Å². The van der Waals surface area contributed by atoms with Crippen LogP contribution in [-0.2, 0) is 6.42 Å². The number of thiazole rings is 1. The zero-order chi connectivity index (χ0) is 12.8. The predicted octanol–water partition coefficient (Wildman–Crippen LogP) is 4.10. The van der Waals surface area contributed by atoms with Crippen LogP contribution in [0.2, 0.25) is 0 Å². The zero-order valence-corrected chi connectivity index (χ0v) is 12.7. The average molecular weight is 254 g/mol. The van der Waals surface area contributed by atoms with Crippen molar-refractivity contribution in [1.82, 2.24) is 10.3 Å². The molecule has 1 unspecified atom stereocenters. The average Bonchev–Trinajstić information content (AvgIpc) is 2.70. The fourth-order valence-corrected chi connectivity index (χ4v) is 3.53. The van der Waals surface area contributed by atoms with E-state index in [1.54, 1.807) is 0 Å². The van der Waals surface area contributed by atoms with E-state index in [1.165, 1.54) is 28.4 Å². The van der Waals surface area contributed by atoms with E-state index in [0.29, 0.717) is 12.0 Å². The number of aryl methyl sites for hydroxylation is 2. The number of hydrogen-bond acceptors (Lipinski definition) is 3. The fraction of sp³-hybridized carbons (Fsp3) is 0.786. The highest BCUT2D eigenvalue weighted by Crippen LogP contribution is 2.31. The van der Waals surface area contributed by atoms with Gasteiger partial charge in [-0.2, -0.15) is 0 Å². The number of hydrogen-bond donors (Lipinski definition) is 1. The minimum atomic E-state index is 0.444. The molecule has 0 fully saturated rings. The summed E-state index contributed by atoms with van der Waals surface area (Å²) in [6.07, 6.45) is 3.48. The highest BCUT2D eigenvalue weighted by Gasteiger charge is 2.23. The third-order valence-corrected chi connectivity index (χ3v) is 4.55. The Morgan fingerprint density at radius 2 is 1.82 bits per heavy atom. The predicted molar refractivity (Wildman–Crippen MR) is 76.7 cm³/mol. The minimum Gasteiger partial charge on any atom is -0.308 e. The molecule has 1 aromatic heterocycles. The molecule has 0 aliphatic rings. The highest BCUT2D eigenvalue weighted by atomic mass is 32.1. The van der Waals surface area contributed by atoms with Gasteiger partial charge < -0.3 is 5.32 Å². The van der Waals surface area contributed by atoms with Crippen LogP contribution in [-0.4, -0.2) is 11.5 Å². The first-order valence-electron chi connectivity index (χ1n) is 6.87. The number of rotatable bonds is 7. The SMILES string of the molecule is CCNC(c1nc(CC)c(C)s1)C(CC)CC. The van der Waals surface area contributed by atoms with Gasteiger partial charge in [0.25, 0.3) is 0 Å². The maximum Gasteiger partial charge on any atom is 0.110 e. The van der Waals surface area contributed by atoms with Crippen LogP contribution in [0.15, 0.2) is 0 Å². The molecule has 1 heterocycles. The van der Waals surface area contributed by atoms with Crippen molar-refractivity contribution >= 4 is 11.3 Å². The van der Waals surface area contributed by atoms with Gasteiger partial charge in [-0.05, 0) is 25.8 Å². The molecule has 98 valence electrons. The summed E-state index contributed by atoms with van der Waals surface area (Å²) in [5.41, 5.74) is 1.28. The Hall–Kier alpha value is -0.410. The second kappa shape index (κ2) is 7.12. The first kappa shape index (κ1) is 14.7. The molecule has 1 N–H and O–H groups in total. The molecule has 0 aromatic carbocycles. The third kappa shape index (κ3) is 3.52. The summed E-state index contributed by atoms with van der Waals surface area (Å²) in [5.74, 6) is 0.699. The number of aromatic nitrogens is 1. The molecular formula is C14H26N2S. The van der Waals surface area contributed by atoms with Crippen LogP contribution in [0.4, 0.5) is 0 Å². The van der Waals surface area contributed by atoms with Crippen LogP contribution in [0.25, 0.3) is 0 Å². The summed E-state index contributed by atoms with van der Waals surface area (Å²) in [7, 11) is 0. The van der Waals surface area contributed by atoms with Crippen LogP contribution >= 0.6 is 11.3 Å². The van der Waals surface area contributed by atoms with Gasteiger partial charge >= 0.3 is 0 Å². The Morgan fingerprint density at radius 1 is 1.18 bits per heavy atom. The Bertz CT molecular complexity index is 329. The Morgan fingerprint density at radius 3 is 2.24 bits per heavy atom. The highest BCUT2D eigenvalue weighted by molar-refractivity contribution is 7.11. The largest absolute Gasteiger partial charge is 0.308 e. The lowest BCUT2D eigenvalue weighted by Gasteiger charge is -2.24. The lowest BCUT2D eigenvalue weighted by molar-refractivity contribution is 0.345. The van der Waals surface area contributed by atoms with Gasteiger partial charge in [-0.25, -0.2) is 4.98 Å². The molecule has 1 atom stereocenters. The van der Waals surface area contributed by atoms with E-state index in [0.717, 1.165) is 13.0 Å². The van der Waals surface area contributed by atoms with Crippen molar-refractivity contribution in [2.24, 2.45) is 5.92 Å². The van der Waals surface area contributed by atoms with Crippen molar-refractivity contribution in [1.29, 1.82) is 0 Å². The van der Waals surface area contributed by atoms with Crippen molar-refractivity contribution < 1.29 is 0 Å². The first-order valence-corrected chi connectivity index (χ1v) is 7.68. The molecule has 0 aliphatic carbocycles. The third-order valence-electron chi connectivity index (χ3n) is 3.45. The topological polar surface area (TPSA) is 24.9 Å². The van der Waals surface area contributed by atoms with Gasteiger partial charge in [0.2, 0.25) is 0 Å². The van der Waals surface area contributed by atoms with E-state index in [9.17, 15) is 0 Å². The standard InChI is InChI=1S/C14H26N2S/c1-6-11(7-2)13(15-9-4)14-16-12(8-3)10(5)17-14/h11,13,15H,6-9H2,1-5H3. The maximum absolute atomic E-state index is 4.82. The number of nitrogens with one attached hydrogen (secondary N) is 1. The van der Waals surface area contributed by atoms with E-state index in [2.05, 4.69) is 39.9 Å². The van der Waals surface area contributed by atoms with Crippen LogP contribution in [0, 0.1) is 12.8 Å². The molecule has 0 spiro atoms. The summed E-state index contributed by atoms with van der Waals surface area (Å²) in [6.45, 7) is 12.1. The van der Waals surface area contributed by atoms with Gasteiger partial charge in [-0.15, -0.1) is 11.3 Å². The number of nitrogens with zero attached hydrogens (tertiary/aromatic N) is 1.